The molecule has 1 aliphatic rings. The molecule has 0 spiro atoms. The van der Waals surface area contributed by atoms with Gasteiger partial charge >= 0.3 is 5.97 Å². The molecule has 0 fully saturated rings. The zero-order valence-electron chi connectivity index (χ0n) is 11.9. The number of nitrogens with zero attached hydrogens (tertiary/aromatic N) is 1. The van der Waals surface area contributed by atoms with Crippen molar-refractivity contribution in [3.63, 3.8) is 0 Å². The molecule has 1 aliphatic heterocycles. The lowest BCUT2D eigenvalue weighted by molar-refractivity contribution is -0.150. The van der Waals surface area contributed by atoms with E-state index >= 15 is 0 Å². The summed E-state index contributed by atoms with van der Waals surface area (Å²) in [5.41, 5.74) is 0.267. The number of nitriles is 1. The quantitative estimate of drug-likeness (QED) is 0.680. The first-order valence-electron chi connectivity index (χ1n) is 6.36. The highest BCUT2D eigenvalue weighted by molar-refractivity contribution is 8.02. The second-order valence-electron chi connectivity index (χ2n) is 4.55. The molecule has 0 aromatic heterocycles. The molecule has 1 aromatic carbocycles. The number of nitrogens with one attached hydrogen (secondary N) is 1. The lowest BCUT2D eigenvalue weighted by Crippen LogP contribution is -2.44. The highest BCUT2D eigenvalue weighted by Crippen LogP contribution is 2.40. The Morgan fingerprint density at radius 3 is 2.68 bits per heavy atom. The molecule has 1 heterocycles. The third-order valence-electron chi connectivity index (χ3n) is 3.43. The second kappa shape index (κ2) is 6.62. The highest BCUT2D eigenvalue weighted by Gasteiger charge is 2.44. The predicted octanol–water partition coefficient (Wildman–Crippen LogP) is 1.93. The number of halogens is 1. The van der Waals surface area contributed by atoms with Gasteiger partial charge in [-0.3, -0.25) is 9.59 Å². The molecule has 2 atom stereocenters. The van der Waals surface area contributed by atoms with E-state index in [4.69, 9.17) is 0 Å². The standard InChI is InChI=1S/C15H13FN2O3S/c1-21-15(20)12-11(8-5-3-4-6-10(8)16)9(7-17)14(22-2)18-13(12)19/h3-6,11-12H,1-2H3,(H,18,19)/t11-,12-/m0/s1. The molecule has 5 nitrogen and oxygen atoms in total. The van der Waals surface area contributed by atoms with Gasteiger partial charge in [-0.1, -0.05) is 18.2 Å². The van der Waals surface area contributed by atoms with E-state index < -0.39 is 29.5 Å². The average molecular weight is 320 g/mol. The number of hydrogen-bond acceptors (Lipinski definition) is 5. The van der Waals surface area contributed by atoms with Gasteiger partial charge in [0.25, 0.3) is 0 Å². The largest absolute Gasteiger partial charge is 0.468 e. The number of carbonyl (C=O) groups excluding carboxylic acids is 2. The number of carbonyl (C=O) groups is 2. The predicted molar refractivity (Wildman–Crippen MR) is 78.9 cm³/mol. The minimum atomic E-state index is -1.30. The molecule has 114 valence electrons. The Morgan fingerprint density at radius 1 is 1.45 bits per heavy atom. The summed E-state index contributed by atoms with van der Waals surface area (Å²) in [6.07, 6.45) is 1.68. The smallest absolute Gasteiger partial charge is 0.319 e. The monoisotopic (exact) mass is 320 g/mol. The van der Waals surface area contributed by atoms with E-state index in [1.807, 2.05) is 6.07 Å². The van der Waals surface area contributed by atoms with Gasteiger partial charge < -0.3 is 10.1 Å². The Hall–Kier alpha value is -2.33. The van der Waals surface area contributed by atoms with Crippen LogP contribution in [0.25, 0.3) is 0 Å². The first kappa shape index (κ1) is 16.0. The zero-order chi connectivity index (χ0) is 16.3. The summed E-state index contributed by atoms with van der Waals surface area (Å²) >= 11 is 1.16. The molecule has 0 bridgehead atoms. The number of amides is 1. The van der Waals surface area contributed by atoms with Crippen LogP contribution in [0.15, 0.2) is 34.9 Å². The van der Waals surface area contributed by atoms with Crippen molar-refractivity contribution in [1.82, 2.24) is 5.32 Å². The van der Waals surface area contributed by atoms with Crippen molar-refractivity contribution in [2.45, 2.75) is 5.92 Å². The van der Waals surface area contributed by atoms with Gasteiger partial charge in [0, 0.05) is 5.92 Å². The van der Waals surface area contributed by atoms with E-state index in [2.05, 4.69) is 10.1 Å². The summed E-state index contributed by atoms with van der Waals surface area (Å²) in [4.78, 5) is 24.2. The molecule has 0 unspecified atom stereocenters. The van der Waals surface area contributed by atoms with Crippen molar-refractivity contribution < 1.29 is 18.7 Å². The molecule has 1 aromatic rings. The molecule has 0 saturated heterocycles. The minimum Gasteiger partial charge on any atom is -0.468 e. The number of thioether (sulfide) groups is 1. The van der Waals surface area contributed by atoms with Crippen LogP contribution in [-0.2, 0) is 14.3 Å². The van der Waals surface area contributed by atoms with Crippen molar-refractivity contribution in [2.75, 3.05) is 13.4 Å². The molecule has 2 rings (SSSR count). The van der Waals surface area contributed by atoms with Gasteiger partial charge in [-0.2, -0.15) is 5.26 Å². The first-order chi connectivity index (χ1) is 10.5. The second-order valence-corrected chi connectivity index (χ2v) is 5.36. The number of methoxy groups -OCH3 is 1. The van der Waals surface area contributed by atoms with Crippen LogP contribution in [0, 0.1) is 23.1 Å². The van der Waals surface area contributed by atoms with Gasteiger partial charge in [0.15, 0.2) is 0 Å². The van der Waals surface area contributed by atoms with E-state index in [1.54, 1.807) is 12.3 Å². The Balaban J connectivity index is 2.69. The maximum absolute atomic E-state index is 14.2. The third-order valence-corrected chi connectivity index (χ3v) is 4.16. The van der Waals surface area contributed by atoms with Crippen molar-refractivity contribution >= 4 is 23.6 Å². The fourth-order valence-corrected chi connectivity index (χ4v) is 3.03. The minimum absolute atomic E-state index is 0.121. The van der Waals surface area contributed by atoms with Crippen LogP contribution in [0.1, 0.15) is 11.5 Å². The molecule has 7 heteroatoms. The molecule has 0 saturated carbocycles. The summed E-state index contributed by atoms with van der Waals surface area (Å²) in [6.45, 7) is 0. The van der Waals surface area contributed by atoms with E-state index in [0.29, 0.717) is 5.03 Å². The molecular formula is C15H13FN2O3S. The summed E-state index contributed by atoms with van der Waals surface area (Å²) in [7, 11) is 1.15. The topological polar surface area (TPSA) is 79.2 Å². The van der Waals surface area contributed by atoms with Crippen LogP contribution in [0.4, 0.5) is 4.39 Å². The van der Waals surface area contributed by atoms with Gasteiger partial charge in [0.1, 0.15) is 11.7 Å². The Labute approximate surface area is 131 Å². The summed E-state index contributed by atoms with van der Waals surface area (Å²) in [5.74, 6) is -4.30. The normalized spacial score (nSPS) is 21.1. The Morgan fingerprint density at radius 2 is 2.14 bits per heavy atom. The van der Waals surface area contributed by atoms with Crippen LogP contribution in [0.3, 0.4) is 0 Å². The number of allylic oxidation sites excluding steroid dienone is 1. The number of ether oxygens (including phenoxy) is 1. The maximum Gasteiger partial charge on any atom is 0.319 e. The first-order valence-corrected chi connectivity index (χ1v) is 7.59. The SMILES string of the molecule is COC(=O)[C@@H]1C(=O)NC(SC)=C(C#N)[C@@H]1c1ccccc1F. The van der Waals surface area contributed by atoms with E-state index in [0.717, 1.165) is 18.9 Å². The number of rotatable bonds is 3. The maximum atomic E-state index is 14.2. The lowest BCUT2D eigenvalue weighted by atomic mass is 9.78. The molecule has 0 radical (unpaired) electrons. The van der Waals surface area contributed by atoms with Crippen molar-refractivity contribution in [3.8, 4) is 6.07 Å². The van der Waals surface area contributed by atoms with E-state index in [9.17, 15) is 19.2 Å². The fourth-order valence-electron chi connectivity index (χ4n) is 2.43. The number of benzene rings is 1. The molecule has 0 aliphatic carbocycles. The van der Waals surface area contributed by atoms with Gasteiger partial charge in [-0.15, -0.1) is 11.8 Å². The van der Waals surface area contributed by atoms with Gasteiger partial charge in [0.05, 0.1) is 23.8 Å². The number of esters is 1. The van der Waals surface area contributed by atoms with Crippen LogP contribution < -0.4 is 5.32 Å². The van der Waals surface area contributed by atoms with E-state index in [-0.39, 0.29) is 11.1 Å². The van der Waals surface area contributed by atoms with Gasteiger partial charge in [-0.05, 0) is 17.9 Å². The summed E-state index contributed by atoms with van der Waals surface area (Å²) < 4.78 is 18.8. The van der Waals surface area contributed by atoms with Crippen molar-refractivity contribution in [3.05, 3.63) is 46.2 Å². The van der Waals surface area contributed by atoms with Crippen molar-refractivity contribution in [2.24, 2.45) is 5.92 Å². The summed E-state index contributed by atoms with van der Waals surface area (Å²) in [6, 6.07) is 7.76. The summed E-state index contributed by atoms with van der Waals surface area (Å²) in [5, 5.41) is 12.3. The third kappa shape index (κ3) is 2.70. The number of hydrogen-bond donors (Lipinski definition) is 1. The van der Waals surface area contributed by atoms with Gasteiger partial charge in [0.2, 0.25) is 5.91 Å². The lowest BCUT2D eigenvalue weighted by Gasteiger charge is -2.30. The van der Waals surface area contributed by atoms with Crippen LogP contribution in [-0.4, -0.2) is 25.2 Å². The molecule has 22 heavy (non-hydrogen) atoms. The Kier molecular flexibility index (Phi) is 4.83. The molecule has 1 amide bonds. The molecular weight excluding hydrogens is 307 g/mol. The zero-order valence-corrected chi connectivity index (χ0v) is 12.7. The fraction of sp³-hybridized carbons (Fsp3) is 0.267. The van der Waals surface area contributed by atoms with Crippen LogP contribution in [0.5, 0.6) is 0 Å². The molecule has 1 N–H and O–H groups in total. The van der Waals surface area contributed by atoms with E-state index in [1.165, 1.54) is 18.2 Å². The van der Waals surface area contributed by atoms with Crippen LogP contribution >= 0.6 is 11.8 Å². The van der Waals surface area contributed by atoms with Crippen molar-refractivity contribution in [1.29, 1.82) is 5.26 Å². The van der Waals surface area contributed by atoms with Gasteiger partial charge in [-0.25, -0.2) is 4.39 Å². The highest BCUT2D eigenvalue weighted by atomic mass is 32.2. The van der Waals surface area contributed by atoms with Crippen LogP contribution in [0.2, 0.25) is 0 Å². The Bertz CT molecular complexity index is 696. The average Bonchev–Trinajstić information content (AvgIpc) is 2.53.